The van der Waals surface area contributed by atoms with E-state index in [-0.39, 0.29) is 0 Å². The van der Waals surface area contributed by atoms with Crippen LogP contribution in [0.4, 0.5) is 17.1 Å². The van der Waals surface area contributed by atoms with Gasteiger partial charge in [-0.05, 0) is 133 Å². The van der Waals surface area contributed by atoms with E-state index in [1.54, 1.807) is 6.08 Å². The molecule has 0 N–H and O–H groups in total. The summed E-state index contributed by atoms with van der Waals surface area (Å²) in [5.74, 6) is 0. The molecule has 0 unspecified atom stereocenters. The molecule has 0 aliphatic carbocycles. The molecule has 0 saturated carbocycles. The van der Waals surface area contributed by atoms with Gasteiger partial charge in [0.1, 0.15) is 0 Å². The Bertz CT molecular complexity index is 3670. The number of fused-ring (bicyclic) bond motifs is 6. The molecule has 324 valence electrons. The normalized spacial score (nSPS) is 11.7. The molecule has 9 aromatic rings. The number of nitriles is 2. The van der Waals surface area contributed by atoms with Gasteiger partial charge in [-0.3, -0.25) is 0 Å². The Morgan fingerprint density at radius 1 is 0.485 bits per heavy atom. The van der Waals surface area contributed by atoms with Crippen molar-refractivity contribution in [2.75, 3.05) is 9.80 Å². The van der Waals surface area contributed by atoms with Crippen LogP contribution in [0.3, 0.4) is 0 Å². The molecule has 6 heteroatoms. The van der Waals surface area contributed by atoms with Gasteiger partial charge in [-0.15, -0.1) is 0 Å². The van der Waals surface area contributed by atoms with Crippen LogP contribution in [-0.4, -0.2) is 9.13 Å². The summed E-state index contributed by atoms with van der Waals surface area (Å²) in [7, 11) is 0. The van der Waals surface area contributed by atoms with Crippen LogP contribution >= 0.6 is 0 Å². The maximum absolute atomic E-state index is 9.61. The van der Waals surface area contributed by atoms with Crippen molar-refractivity contribution in [3.8, 4) is 23.5 Å². The maximum atomic E-state index is 9.61. The third-order valence-corrected chi connectivity index (χ3v) is 12.0. The Balaban J connectivity index is 1.01. The molecule has 0 aliphatic rings. The lowest BCUT2D eigenvalue weighted by Gasteiger charge is -2.26. The fourth-order valence-electron chi connectivity index (χ4n) is 8.58. The largest absolute Gasteiger partial charge is 0.318 e. The van der Waals surface area contributed by atoms with E-state index in [4.69, 9.17) is 0 Å². The highest BCUT2D eigenvalue weighted by atomic mass is 15.1. The first-order valence-electron chi connectivity index (χ1n) is 22.1. The third-order valence-electron chi connectivity index (χ3n) is 12.0. The first kappa shape index (κ1) is 43.6. The Labute approximate surface area is 397 Å². The zero-order chi connectivity index (χ0) is 47.1. The molecule has 0 radical (unpaired) electrons. The van der Waals surface area contributed by atoms with Crippen LogP contribution in [0.25, 0.3) is 55.0 Å². The molecule has 0 aliphatic heterocycles. The second kappa shape index (κ2) is 19.2. The Kier molecular flexibility index (Phi) is 12.3. The standard InChI is InChI=1S/C62H46N6/c1-6-48(42-63)18-17-39-65(53-35-37-61-57(40-53)55-23-13-15-25-59(55)67(61)50-19-9-7-10-20-50)46(4)29-27-44(2)45(3)28-30-47(5)66(52-33-31-49(43-64)32-34-52)54-36-38-62-58(41-54)56-24-14-16-26-60(56)68(62)51-21-11-8-12-22-51/h6-41H,1-5H2. The molecular formula is C62H46N6. The average Bonchev–Trinajstić information content (AvgIpc) is 3.90. The lowest BCUT2D eigenvalue weighted by molar-refractivity contribution is 1.18. The van der Waals surface area contributed by atoms with Crippen molar-refractivity contribution in [2.45, 2.75) is 0 Å². The molecule has 2 heterocycles. The van der Waals surface area contributed by atoms with Crippen molar-refractivity contribution >= 4 is 60.7 Å². The van der Waals surface area contributed by atoms with Crippen LogP contribution in [0.2, 0.25) is 0 Å². The lowest BCUT2D eigenvalue weighted by Crippen LogP contribution is -2.14. The second-order valence-electron chi connectivity index (χ2n) is 16.1. The summed E-state index contributed by atoms with van der Waals surface area (Å²) in [6.45, 7) is 21.5. The molecule has 2 aromatic heterocycles. The molecule has 0 bridgehead atoms. The SMILES string of the molecule is C=CC(C#N)=CC=CN(C(=C)C=CC(=C)C(=C)C=CC(=C)N(c1ccc(C#N)cc1)c1ccc2c(c1)c1ccccc1n2-c1ccccc1)c1ccc2c(c1)c1ccccc1n2-c1ccccc1. The minimum Gasteiger partial charge on any atom is -0.318 e. The molecule has 0 saturated heterocycles. The van der Waals surface area contributed by atoms with Crippen molar-refractivity contribution in [1.82, 2.24) is 9.13 Å². The number of hydrogen-bond acceptors (Lipinski definition) is 4. The van der Waals surface area contributed by atoms with Gasteiger partial charge in [0.25, 0.3) is 0 Å². The van der Waals surface area contributed by atoms with Gasteiger partial charge in [0.05, 0.1) is 45.3 Å². The number of rotatable bonds is 15. The molecule has 68 heavy (non-hydrogen) atoms. The van der Waals surface area contributed by atoms with E-state index in [1.807, 2.05) is 90.0 Å². The van der Waals surface area contributed by atoms with Crippen LogP contribution in [-0.2, 0) is 0 Å². The van der Waals surface area contributed by atoms with Crippen LogP contribution in [0.1, 0.15) is 5.56 Å². The maximum Gasteiger partial charge on any atom is 0.0991 e. The van der Waals surface area contributed by atoms with Crippen molar-refractivity contribution in [1.29, 1.82) is 10.5 Å². The van der Waals surface area contributed by atoms with Crippen molar-refractivity contribution < 1.29 is 0 Å². The summed E-state index contributed by atoms with van der Waals surface area (Å²) in [6.07, 6.45) is 14.6. The number of anilines is 3. The fourth-order valence-corrected chi connectivity index (χ4v) is 8.58. The van der Waals surface area contributed by atoms with Crippen LogP contribution in [0.15, 0.2) is 280 Å². The molecule has 9 rings (SSSR count). The third kappa shape index (κ3) is 8.53. The van der Waals surface area contributed by atoms with Gasteiger partial charge >= 0.3 is 0 Å². The summed E-state index contributed by atoms with van der Waals surface area (Å²) >= 11 is 0. The van der Waals surface area contributed by atoms with E-state index in [0.29, 0.717) is 33.7 Å². The molecular weight excluding hydrogens is 829 g/mol. The van der Waals surface area contributed by atoms with Crippen LogP contribution < -0.4 is 9.80 Å². The smallest absolute Gasteiger partial charge is 0.0991 e. The van der Waals surface area contributed by atoms with E-state index in [2.05, 4.69) is 180 Å². The van der Waals surface area contributed by atoms with E-state index in [0.717, 1.165) is 72.0 Å². The van der Waals surface area contributed by atoms with Crippen molar-refractivity contribution in [2.24, 2.45) is 0 Å². The molecule has 0 spiro atoms. The number of nitrogens with zero attached hydrogens (tertiary/aromatic N) is 6. The number of aromatic nitrogens is 2. The average molecular weight is 875 g/mol. The predicted octanol–water partition coefficient (Wildman–Crippen LogP) is 15.8. The first-order valence-corrected chi connectivity index (χ1v) is 22.1. The van der Waals surface area contributed by atoms with Crippen molar-refractivity contribution in [3.05, 3.63) is 285 Å². The van der Waals surface area contributed by atoms with Gasteiger partial charge in [-0.1, -0.05) is 124 Å². The van der Waals surface area contributed by atoms with Crippen LogP contribution in [0, 0.1) is 22.7 Å². The number of hydrogen-bond donors (Lipinski definition) is 0. The summed E-state index contributed by atoms with van der Waals surface area (Å²) in [6, 6.07) is 62.3. The van der Waals surface area contributed by atoms with E-state index >= 15 is 0 Å². The minimum atomic E-state index is 0.441. The number of para-hydroxylation sites is 4. The highest BCUT2D eigenvalue weighted by Crippen LogP contribution is 2.39. The predicted molar refractivity (Wildman–Crippen MR) is 285 cm³/mol. The lowest BCUT2D eigenvalue weighted by atomic mass is 10.1. The highest BCUT2D eigenvalue weighted by Gasteiger charge is 2.18. The van der Waals surface area contributed by atoms with Crippen molar-refractivity contribution in [3.63, 3.8) is 0 Å². The second-order valence-corrected chi connectivity index (χ2v) is 16.1. The summed E-state index contributed by atoms with van der Waals surface area (Å²) in [5, 5.41) is 23.6. The molecule has 0 amide bonds. The molecule has 7 aromatic carbocycles. The number of allylic oxidation sites excluding steroid dienone is 10. The van der Waals surface area contributed by atoms with Gasteiger partial charge in [0.15, 0.2) is 0 Å². The summed E-state index contributed by atoms with van der Waals surface area (Å²) < 4.78 is 4.57. The summed E-state index contributed by atoms with van der Waals surface area (Å²) in [4.78, 5) is 4.06. The van der Waals surface area contributed by atoms with E-state index in [9.17, 15) is 10.5 Å². The fraction of sp³-hybridized carbons (Fsp3) is 0. The molecule has 0 fully saturated rings. The zero-order valence-electron chi connectivity index (χ0n) is 37.5. The van der Waals surface area contributed by atoms with E-state index < -0.39 is 0 Å². The zero-order valence-corrected chi connectivity index (χ0v) is 37.5. The topological polar surface area (TPSA) is 63.9 Å². The van der Waals surface area contributed by atoms with Gasteiger partial charge in [-0.2, -0.15) is 10.5 Å². The summed E-state index contributed by atoms with van der Waals surface area (Å²) in [5.41, 5.74) is 12.9. The van der Waals surface area contributed by atoms with Gasteiger partial charge < -0.3 is 18.9 Å². The molecule has 0 atom stereocenters. The van der Waals surface area contributed by atoms with Gasteiger partial charge in [0.2, 0.25) is 0 Å². The van der Waals surface area contributed by atoms with E-state index in [1.165, 1.54) is 6.08 Å². The quantitative estimate of drug-likeness (QED) is 0.0760. The Morgan fingerprint density at radius 2 is 0.956 bits per heavy atom. The minimum absolute atomic E-state index is 0.441. The van der Waals surface area contributed by atoms with Gasteiger partial charge in [-0.25, -0.2) is 0 Å². The monoisotopic (exact) mass is 874 g/mol. The number of benzene rings is 7. The van der Waals surface area contributed by atoms with Crippen LogP contribution in [0.5, 0.6) is 0 Å². The first-order chi connectivity index (χ1) is 33.3. The Morgan fingerprint density at radius 3 is 1.49 bits per heavy atom. The highest BCUT2D eigenvalue weighted by molar-refractivity contribution is 6.11. The Hall–Kier alpha value is -9.62. The van der Waals surface area contributed by atoms with Gasteiger partial charge in [0, 0.05) is 67.6 Å². The molecule has 6 nitrogen and oxygen atoms in total.